The number of alkyl halides is 3. The van der Waals surface area contributed by atoms with Gasteiger partial charge in [0, 0.05) is 36.8 Å². The number of methoxy groups -OCH3 is 2. The van der Waals surface area contributed by atoms with E-state index in [1.165, 1.54) is 76.1 Å². The van der Waals surface area contributed by atoms with E-state index < -0.39 is 21.9 Å². The molecule has 2 fully saturated rings. The zero-order chi connectivity index (χ0) is 28.5. The van der Waals surface area contributed by atoms with Crippen LogP contribution in [0.4, 0.5) is 18.9 Å². The summed E-state index contributed by atoms with van der Waals surface area (Å²) in [4.78, 5) is 8.65. The number of piperidine rings is 2. The van der Waals surface area contributed by atoms with Gasteiger partial charge in [-0.05, 0) is 69.1 Å². The van der Waals surface area contributed by atoms with Crippen molar-refractivity contribution in [2.75, 3.05) is 45.3 Å². The molecule has 0 N–H and O–H groups in total. The van der Waals surface area contributed by atoms with Crippen LogP contribution in [0, 0.1) is 0 Å². The summed E-state index contributed by atoms with van der Waals surface area (Å²) in [5.74, 6) is 0.168. The van der Waals surface area contributed by atoms with Crippen molar-refractivity contribution in [2.45, 2.75) is 54.3 Å². The Kier molecular flexibility index (Phi) is 8.01. The van der Waals surface area contributed by atoms with Crippen LogP contribution in [0.1, 0.15) is 32.1 Å². The minimum atomic E-state index is -4.89. The molecule has 12 heteroatoms. The van der Waals surface area contributed by atoms with E-state index in [-0.39, 0.29) is 20.9 Å². The number of pyridine rings is 1. The molecule has 1 aromatic heterocycles. The minimum Gasteiger partial charge on any atom is -0.493 e. The maximum Gasteiger partial charge on any atom is 0.573 e. The lowest BCUT2D eigenvalue weighted by molar-refractivity contribution is -0.274. The van der Waals surface area contributed by atoms with Gasteiger partial charge in [-0.1, -0.05) is 6.42 Å². The number of hydrogen-bond acceptors (Lipinski definition) is 8. The zero-order valence-corrected chi connectivity index (χ0v) is 23.2. The van der Waals surface area contributed by atoms with Gasteiger partial charge >= 0.3 is 6.36 Å². The first kappa shape index (κ1) is 28.3. The summed E-state index contributed by atoms with van der Waals surface area (Å²) < 4.78 is 82.1. The molecule has 0 unspecified atom stereocenters. The van der Waals surface area contributed by atoms with E-state index in [0.717, 1.165) is 25.9 Å². The Morgan fingerprint density at radius 3 is 2.25 bits per heavy atom. The third-order valence-corrected chi connectivity index (χ3v) is 9.41. The molecule has 2 aliphatic rings. The molecule has 40 heavy (non-hydrogen) atoms. The number of rotatable bonds is 7. The van der Waals surface area contributed by atoms with Crippen LogP contribution in [0.15, 0.2) is 52.4 Å². The highest BCUT2D eigenvalue weighted by Crippen LogP contribution is 2.41. The van der Waals surface area contributed by atoms with Crippen molar-refractivity contribution in [3.63, 3.8) is 0 Å². The number of benzene rings is 2. The molecular formula is C28H32F3N3O5S. The molecule has 2 aliphatic heterocycles. The number of halogens is 3. The Hall–Kier alpha value is -3.25. The van der Waals surface area contributed by atoms with Gasteiger partial charge in [-0.3, -0.25) is 4.98 Å². The fourth-order valence-corrected chi connectivity index (χ4v) is 7.16. The van der Waals surface area contributed by atoms with Crippen LogP contribution in [0.25, 0.3) is 10.9 Å². The largest absolute Gasteiger partial charge is 0.573 e. The van der Waals surface area contributed by atoms with Gasteiger partial charge in [0.25, 0.3) is 0 Å². The van der Waals surface area contributed by atoms with Crippen molar-refractivity contribution < 1.29 is 35.8 Å². The summed E-state index contributed by atoms with van der Waals surface area (Å²) in [5, 5.41) is 0.278. The van der Waals surface area contributed by atoms with Crippen molar-refractivity contribution in [1.82, 2.24) is 9.88 Å². The summed E-state index contributed by atoms with van der Waals surface area (Å²) in [6.45, 7) is 3.22. The van der Waals surface area contributed by atoms with Gasteiger partial charge < -0.3 is 24.0 Å². The molecule has 0 saturated carbocycles. The fraction of sp³-hybridized carbons (Fsp3) is 0.464. The van der Waals surface area contributed by atoms with E-state index in [1.54, 1.807) is 0 Å². The van der Waals surface area contributed by atoms with Crippen LogP contribution < -0.4 is 19.1 Å². The van der Waals surface area contributed by atoms with Gasteiger partial charge in [0.2, 0.25) is 9.84 Å². The molecule has 216 valence electrons. The quantitative estimate of drug-likeness (QED) is 0.366. The first-order valence-electron chi connectivity index (χ1n) is 13.3. The minimum absolute atomic E-state index is 0.0431. The van der Waals surface area contributed by atoms with E-state index in [0.29, 0.717) is 36.1 Å². The lowest BCUT2D eigenvalue weighted by Crippen LogP contribution is -2.47. The van der Waals surface area contributed by atoms with Gasteiger partial charge in [-0.15, -0.1) is 13.2 Å². The molecule has 0 atom stereocenters. The van der Waals surface area contributed by atoms with Gasteiger partial charge in [0.05, 0.1) is 30.3 Å². The molecule has 3 aromatic rings. The lowest BCUT2D eigenvalue weighted by Gasteiger charge is -2.41. The second-order valence-electron chi connectivity index (χ2n) is 10.0. The van der Waals surface area contributed by atoms with Crippen molar-refractivity contribution >= 4 is 26.4 Å². The van der Waals surface area contributed by atoms with Crippen LogP contribution in [-0.4, -0.2) is 71.1 Å². The monoisotopic (exact) mass is 579 g/mol. The van der Waals surface area contributed by atoms with Crippen LogP contribution in [0.5, 0.6) is 17.2 Å². The Morgan fingerprint density at radius 2 is 1.60 bits per heavy atom. The number of fused-ring (bicyclic) bond motifs is 1. The first-order chi connectivity index (χ1) is 19.1. The predicted octanol–water partition coefficient (Wildman–Crippen LogP) is 5.44. The average Bonchev–Trinajstić information content (AvgIpc) is 2.95. The molecule has 8 nitrogen and oxygen atoms in total. The molecule has 0 aliphatic carbocycles. The fourth-order valence-electron chi connectivity index (χ4n) is 5.71. The second kappa shape index (κ2) is 11.3. The molecule has 5 rings (SSSR count). The summed E-state index contributed by atoms with van der Waals surface area (Å²) in [6, 6.07) is 8.48. The number of hydrogen-bond donors (Lipinski definition) is 0. The number of nitrogens with zero attached hydrogens (tertiary/aromatic N) is 3. The van der Waals surface area contributed by atoms with Crippen molar-refractivity contribution in [2.24, 2.45) is 0 Å². The van der Waals surface area contributed by atoms with Crippen molar-refractivity contribution in [3.05, 3.63) is 42.6 Å². The molecule has 0 radical (unpaired) electrons. The predicted molar refractivity (Wildman–Crippen MR) is 144 cm³/mol. The summed E-state index contributed by atoms with van der Waals surface area (Å²) in [6.07, 6.45) is 1.60. The molecule has 2 saturated heterocycles. The van der Waals surface area contributed by atoms with E-state index in [4.69, 9.17) is 9.47 Å². The number of aromatic nitrogens is 1. The third kappa shape index (κ3) is 5.78. The number of anilines is 1. The maximum absolute atomic E-state index is 14.1. The molecule has 0 spiro atoms. The SMILES string of the molecule is COc1ccc(S(=O)(=O)c2cnc3ccc(OC(F)(F)F)cc3c2N2CCC(N3CCCCC3)CC2)cc1OC. The maximum atomic E-state index is 14.1. The van der Waals surface area contributed by atoms with Gasteiger partial charge in [0.1, 0.15) is 10.6 Å². The Balaban J connectivity index is 1.60. The van der Waals surface area contributed by atoms with Crippen LogP contribution in [-0.2, 0) is 9.84 Å². The molecule has 3 heterocycles. The highest BCUT2D eigenvalue weighted by molar-refractivity contribution is 7.91. The lowest BCUT2D eigenvalue weighted by atomic mass is 9.99. The molecule has 0 amide bonds. The van der Waals surface area contributed by atoms with Gasteiger partial charge in [0.15, 0.2) is 11.5 Å². The first-order valence-corrected chi connectivity index (χ1v) is 14.7. The zero-order valence-electron chi connectivity index (χ0n) is 22.4. The highest BCUT2D eigenvalue weighted by atomic mass is 32.2. The normalized spacial score (nSPS) is 17.7. The average molecular weight is 580 g/mol. The van der Waals surface area contributed by atoms with Crippen molar-refractivity contribution in [3.8, 4) is 17.2 Å². The van der Waals surface area contributed by atoms with Gasteiger partial charge in [-0.25, -0.2) is 8.42 Å². The Bertz CT molecular complexity index is 1470. The highest BCUT2D eigenvalue weighted by Gasteiger charge is 2.34. The van der Waals surface area contributed by atoms with E-state index in [2.05, 4.69) is 14.6 Å². The smallest absolute Gasteiger partial charge is 0.493 e. The summed E-state index contributed by atoms with van der Waals surface area (Å²) in [5.41, 5.74) is 0.693. The number of sulfone groups is 1. The van der Waals surface area contributed by atoms with E-state index in [9.17, 15) is 21.6 Å². The second-order valence-corrected chi connectivity index (χ2v) is 12.0. The standard InChI is InChI=1S/C28H32F3N3O5S/c1-37-24-9-7-21(17-25(24)38-2)40(35,36)26-18-32-23-8-6-20(39-28(29,30)31)16-22(23)27(26)34-14-10-19(11-15-34)33-12-4-3-5-13-33/h6-9,16-19H,3-5,10-15H2,1-2H3. The van der Waals surface area contributed by atoms with Crippen LogP contribution >= 0.6 is 0 Å². The number of likely N-dealkylation sites (tertiary alicyclic amines) is 1. The number of ether oxygens (including phenoxy) is 3. The van der Waals surface area contributed by atoms with E-state index in [1.807, 2.05) is 4.90 Å². The van der Waals surface area contributed by atoms with Crippen LogP contribution in [0.3, 0.4) is 0 Å². The summed E-state index contributed by atoms with van der Waals surface area (Å²) >= 11 is 0. The molecular weight excluding hydrogens is 547 g/mol. The topological polar surface area (TPSA) is 81.2 Å². The van der Waals surface area contributed by atoms with Crippen molar-refractivity contribution in [1.29, 1.82) is 0 Å². The Morgan fingerprint density at radius 1 is 0.900 bits per heavy atom. The third-order valence-electron chi connectivity index (χ3n) is 7.65. The van der Waals surface area contributed by atoms with Crippen LogP contribution in [0.2, 0.25) is 0 Å². The van der Waals surface area contributed by atoms with E-state index >= 15 is 0 Å². The molecule has 2 aromatic carbocycles. The Labute approximate surface area is 231 Å². The van der Waals surface area contributed by atoms with Gasteiger partial charge in [-0.2, -0.15) is 0 Å². The summed E-state index contributed by atoms with van der Waals surface area (Å²) in [7, 11) is -1.30. The molecule has 0 bridgehead atoms.